The van der Waals surface area contributed by atoms with E-state index in [4.69, 9.17) is 4.74 Å². The summed E-state index contributed by atoms with van der Waals surface area (Å²) in [7, 11) is 1.83. The second-order valence-corrected chi connectivity index (χ2v) is 5.86. The topological polar surface area (TPSA) is 41.6 Å². The van der Waals surface area contributed by atoms with Crippen LogP contribution >= 0.6 is 12.4 Å². The Kier molecular flexibility index (Phi) is 6.64. The zero-order valence-electron chi connectivity index (χ0n) is 13.8. The zero-order chi connectivity index (χ0) is 16.1. The molecule has 1 amide bonds. The van der Waals surface area contributed by atoms with Crippen molar-refractivity contribution in [1.82, 2.24) is 10.2 Å². The molecule has 0 saturated heterocycles. The number of rotatable bonds is 0. The molecule has 24 heavy (non-hydrogen) atoms. The first-order valence-electron chi connectivity index (χ1n) is 8.00. The number of fused-ring (bicyclic) bond motifs is 3. The van der Waals surface area contributed by atoms with Gasteiger partial charge in [0.05, 0.1) is 12.2 Å². The quantitative estimate of drug-likeness (QED) is 0.796. The Labute approximate surface area is 149 Å². The van der Waals surface area contributed by atoms with Crippen molar-refractivity contribution in [3.63, 3.8) is 0 Å². The molecule has 5 heteroatoms. The Balaban J connectivity index is 0.00000208. The van der Waals surface area contributed by atoms with Gasteiger partial charge in [0.15, 0.2) is 0 Å². The number of nitrogens with one attached hydrogen (secondary N) is 1. The maximum Gasteiger partial charge on any atom is 0.257 e. The molecule has 0 spiro atoms. The van der Waals surface area contributed by atoms with Crippen LogP contribution in [0.15, 0.2) is 48.5 Å². The summed E-state index contributed by atoms with van der Waals surface area (Å²) >= 11 is 0. The molecule has 1 aliphatic heterocycles. The van der Waals surface area contributed by atoms with Gasteiger partial charge < -0.3 is 15.0 Å². The Hall–Kier alpha value is -2.04. The SMILES string of the molecule is CN1Cc2cccc(c2)CNCCCOc2ccccc2C1=O.Cl. The van der Waals surface area contributed by atoms with Crippen LogP contribution in [0.3, 0.4) is 0 Å². The molecule has 0 fully saturated rings. The summed E-state index contributed by atoms with van der Waals surface area (Å²) in [6.45, 7) is 2.91. The molecule has 4 nitrogen and oxygen atoms in total. The van der Waals surface area contributed by atoms with Crippen LogP contribution in [-0.2, 0) is 13.1 Å². The monoisotopic (exact) mass is 346 g/mol. The minimum atomic E-state index is -0.0128. The Bertz CT molecular complexity index is 691. The Morgan fingerprint density at radius 1 is 1.08 bits per heavy atom. The number of halogens is 1. The van der Waals surface area contributed by atoms with Crippen LogP contribution in [0.4, 0.5) is 0 Å². The molecule has 0 unspecified atom stereocenters. The molecule has 1 aliphatic rings. The number of hydrogen-bond donors (Lipinski definition) is 1. The van der Waals surface area contributed by atoms with Gasteiger partial charge in [-0.15, -0.1) is 12.4 Å². The van der Waals surface area contributed by atoms with Crippen LogP contribution in [-0.4, -0.2) is 31.0 Å². The first-order valence-corrected chi connectivity index (χ1v) is 8.00. The van der Waals surface area contributed by atoms with E-state index in [9.17, 15) is 4.79 Å². The maximum absolute atomic E-state index is 12.7. The van der Waals surface area contributed by atoms with Crippen molar-refractivity contribution in [2.24, 2.45) is 0 Å². The molecule has 0 atom stereocenters. The normalized spacial score (nSPS) is 15.5. The highest BCUT2D eigenvalue weighted by molar-refractivity contribution is 5.96. The third-order valence-electron chi connectivity index (χ3n) is 3.96. The molecule has 0 radical (unpaired) electrons. The number of ether oxygens (including phenoxy) is 1. The third kappa shape index (κ3) is 4.49. The standard InChI is InChI=1S/C19H22N2O2.ClH/c1-21-14-16-7-4-6-15(12-16)13-20-10-5-11-23-18-9-3-2-8-17(18)19(21)22;/h2-4,6-9,12,20H,5,10-11,13-14H2,1H3;1H. The average Bonchev–Trinajstić information content (AvgIpc) is 2.57. The molecular formula is C19H23ClN2O2. The molecule has 0 aliphatic carbocycles. The van der Waals surface area contributed by atoms with Gasteiger partial charge in [-0.25, -0.2) is 0 Å². The molecular weight excluding hydrogens is 324 g/mol. The smallest absolute Gasteiger partial charge is 0.257 e. The van der Waals surface area contributed by atoms with Gasteiger partial charge in [0.2, 0.25) is 0 Å². The van der Waals surface area contributed by atoms with Crippen molar-refractivity contribution < 1.29 is 9.53 Å². The summed E-state index contributed by atoms with van der Waals surface area (Å²) in [5, 5.41) is 3.43. The highest BCUT2D eigenvalue weighted by Crippen LogP contribution is 2.21. The van der Waals surface area contributed by atoms with E-state index in [1.807, 2.05) is 37.4 Å². The second kappa shape index (κ2) is 8.71. The van der Waals surface area contributed by atoms with Crippen molar-refractivity contribution in [3.8, 4) is 5.75 Å². The summed E-state index contributed by atoms with van der Waals surface area (Å²) in [4.78, 5) is 14.5. The minimum absolute atomic E-state index is 0. The lowest BCUT2D eigenvalue weighted by atomic mass is 10.1. The highest BCUT2D eigenvalue weighted by Gasteiger charge is 2.17. The highest BCUT2D eigenvalue weighted by atomic mass is 35.5. The van der Waals surface area contributed by atoms with Crippen LogP contribution in [0.5, 0.6) is 5.75 Å². The first-order chi connectivity index (χ1) is 11.2. The van der Waals surface area contributed by atoms with E-state index < -0.39 is 0 Å². The van der Waals surface area contributed by atoms with Gasteiger partial charge in [-0.3, -0.25) is 4.79 Å². The molecule has 2 bridgehead atoms. The summed E-state index contributed by atoms with van der Waals surface area (Å²) < 4.78 is 5.81. The number of para-hydroxylation sites is 1. The van der Waals surface area contributed by atoms with Gasteiger partial charge in [0.25, 0.3) is 5.91 Å². The van der Waals surface area contributed by atoms with Crippen molar-refractivity contribution in [2.75, 3.05) is 20.2 Å². The van der Waals surface area contributed by atoms with Gasteiger partial charge in [-0.05, 0) is 36.2 Å². The van der Waals surface area contributed by atoms with Crippen LogP contribution in [0.25, 0.3) is 0 Å². The third-order valence-corrected chi connectivity index (χ3v) is 3.96. The first kappa shape index (κ1) is 18.3. The number of carbonyl (C=O) groups is 1. The fourth-order valence-electron chi connectivity index (χ4n) is 2.77. The van der Waals surface area contributed by atoms with Crippen molar-refractivity contribution in [2.45, 2.75) is 19.5 Å². The summed E-state index contributed by atoms with van der Waals surface area (Å²) in [5.74, 6) is 0.649. The van der Waals surface area contributed by atoms with E-state index in [-0.39, 0.29) is 18.3 Å². The lowest BCUT2D eigenvalue weighted by molar-refractivity contribution is 0.0780. The lowest BCUT2D eigenvalue weighted by Gasteiger charge is -2.20. The van der Waals surface area contributed by atoms with Gasteiger partial charge in [0.1, 0.15) is 5.75 Å². The van der Waals surface area contributed by atoms with Crippen molar-refractivity contribution >= 4 is 18.3 Å². The van der Waals surface area contributed by atoms with Crippen molar-refractivity contribution in [3.05, 3.63) is 65.2 Å². The molecule has 2 aromatic rings. The summed E-state index contributed by atoms with van der Waals surface area (Å²) in [5.41, 5.74) is 2.99. The number of hydrogen-bond acceptors (Lipinski definition) is 3. The lowest BCUT2D eigenvalue weighted by Crippen LogP contribution is -2.27. The maximum atomic E-state index is 12.7. The van der Waals surface area contributed by atoms with E-state index in [0.29, 0.717) is 24.5 Å². The number of carbonyl (C=O) groups excluding carboxylic acids is 1. The minimum Gasteiger partial charge on any atom is -0.493 e. The van der Waals surface area contributed by atoms with Gasteiger partial charge in [-0.2, -0.15) is 0 Å². The van der Waals surface area contributed by atoms with Crippen LogP contribution < -0.4 is 10.1 Å². The summed E-state index contributed by atoms with van der Waals surface area (Å²) in [6, 6.07) is 15.8. The number of benzene rings is 2. The Morgan fingerprint density at radius 3 is 2.75 bits per heavy atom. The van der Waals surface area contributed by atoms with Crippen LogP contribution in [0.2, 0.25) is 0 Å². The van der Waals surface area contributed by atoms with Gasteiger partial charge >= 0.3 is 0 Å². The Morgan fingerprint density at radius 2 is 1.88 bits per heavy atom. The molecule has 0 saturated carbocycles. The fraction of sp³-hybridized carbons (Fsp3) is 0.316. The van der Waals surface area contributed by atoms with E-state index in [1.54, 1.807) is 4.90 Å². The van der Waals surface area contributed by atoms with Crippen molar-refractivity contribution in [1.29, 1.82) is 0 Å². The van der Waals surface area contributed by atoms with E-state index in [1.165, 1.54) is 5.56 Å². The molecule has 2 aromatic carbocycles. The average molecular weight is 347 g/mol. The predicted octanol–water partition coefficient (Wildman–Crippen LogP) is 3.25. The molecule has 0 aromatic heterocycles. The van der Waals surface area contributed by atoms with E-state index >= 15 is 0 Å². The van der Waals surface area contributed by atoms with E-state index in [2.05, 4.69) is 23.5 Å². The van der Waals surface area contributed by atoms with Crippen LogP contribution in [0.1, 0.15) is 27.9 Å². The molecule has 1 N–H and O–H groups in total. The number of amides is 1. The second-order valence-electron chi connectivity index (χ2n) is 5.86. The molecule has 3 rings (SSSR count). The van der Waals surface area contributed by atoms with Gasteiger partial charge in [-0.1, -0.05) is 36.4 Å². The van der Waals surface area contributed by atoms with E-state index in [0.717, 1.165) is 25.1 Å². The fourth-order valence-corrected chi connectivity index (χ4v) is 2.77. The zero-order valence-corrected chi connectivity index (χ0v) is 14.6. The summed E-state index contributed by atoms with van der Waals surface area (Å²) in [6.07, 6.45) is 0.901. The largest absolute Gasteiger partial charge is 0.493 e. The molecule has 1 heterocycles. The van der Waals surface area contributed by atoms with Crippen LogP contribution in [0, 0.1) is 0 Å². The molecule has 128 valence electrons. The predicted molar refractivity (Wildman–Crippen MR) is 97.7 cm³/mol. The van der Waals surface area contributed by atoms with Gasteiger partial charge in [0, 0.05) is 20.1 Å². The number of nitrogens with zero attached hydrogens (tertiary/aromatic N) is 1.